The molecule has 0 heterocycles. The molecular weight excluding hydrogens is 236 g/mol. The smallest absolute Gasteiger partial charge is 0.119 e. The number of ether oxygens (including phenoxy) is 1. The average Bonchev–Trinajstić information content (AvgIpc) is 2.44. The molecule has 1 aliphatic carbocycles. The number of likely N-dealkylation sites (N-methyl/N-ethyl adjacent to an activating group) is 1. The highest BCUT2D eigenvalue weighted by Gasteiger charge is 2.29. The lowest BCUT2D eigenvalue weighted by molar-refractivity contribution is 0.189. The Morgan fingerprint density at radius 3 is 2.89 bits per heavy atom. The van der Waals surface area contributed by atoms with E-state index in [1.807, 2.05) is 6.07 Å². The highest BCUT2D eigenvalue weighted by atomic mass is 16.5. The topological polar surface area (TPSA) is 38.5 Å². The normalized spacial score (nSPS) is 22.4. The summed E-state index contributed by atoms with van der Waals surface area (Å²) in [5.74, 6) is 0.934. The molecule has 2 N–H and O–H groups in total. The zero-order valence-electron chi connectivity index (χ0n) is 12.4. The van der Waals surface area contributed by atoms with E-state index >= 15 is 0 Å². The monoisotopic (exact) mass is 262 g/mol. The van der Waals surface area contributed by atoms with E-state index in [0.717, 1.165) is 25.1 Å². The fourth-order valence-corrected chi connectivity index (χ4v) is 3.01. The Kier molecular flexibility index (Phi) is 4.83. The van der Waals surface area contributed by atoms with Gasteiger partial charge in [0.15, 0.2) is 0 Å². The van der Waals surface area contributed by atoms with Crippen molar-refractivity contribution < 1.29 is 4.74 Å². The first-order chi connectivity index (χ1) is 9.17. The summed E-state index contributed by atoms with van der Waals surface area (Å²) >= 11 is 0. The van der Waals surface area contributed by atoms with Crippen LogP contribution in [0.1, 0.15) is 43.4 Å². The zero-order valence-corrected chi connectivity index (χ0v) is 12.4. The summed E-state index contributed by atoms with van der Waals surface area (Å²) in [6.07, 6.45) is 4.72. The third-order valence-corrected chi connectivity index (χ3v) is 4.26. The molecule has 1 aliphatic rings. The Morgan fingerprint density at radius 2 is 2.21 bits per heavy atom. The molecule has 0 amide bonds. The van der Waals surface area contributed by atoms with Crippen molar-refractivity contribution in [1.29, 1.82) is 0 Å². The maximum atomic E-state index is 6.47. The minimum absolute atomic E-state index is 0.122. The minimum atomic E-state index is 0.122. The van der Waals surface area contributed by atoms with Crippen LogP contribution in [0, 0.1) is 0 Å². The van der Waals surface area contributed by atoms with Gasteiger partial charge in [0.05, 0.1) is 7.11 Å². The van der Waals surface area contributed by atoms with Gasteiger partial charge in [0, 0.05) is 12.1 Å². The molecule has 19 heavy (non-hydrogen) atoms. The molecule has 1 aromatic carbocycles. The van der Waals surface area contributed by atoms with Gasteiger partial charge in [0.1, 0.15) is 5.75 Å². The number of nitrogens with zero attached hydrogens (tertiary/aromatic N) is 1. The van der Waals surface area contributed by atoms with Gasteiger partial charge < -0.3 is 15.4 Å². The SMILES string of the molecule is CCCCN(C)C1CCc2cc(OC)ccc2C1N. The molecule has 3 nitrogen and oxygen atoms in total. The van der Waals surface area contributed by atoms with Crippen molar-refractivity contribution >= 4 is 0 Å². The van der Waals surface area contributed by atoms with Gasteiger partial charge in [-0.2, -0.15) is 0 Å². The third kappa shape index (κ3) is 3.10. The zero-order chi connectivity index (χ0) is 13.8. The van der Waals surface area contributed by atoms with Gasteiger partial charge in [-0.3, -0.25) is 0 Å². The molecule has 0 radical (unpaired) electrons. The highest BCUT2D eigenvalue weighted by Crippen LogP contribution is 2.33. The van der Waals surface area contributed by atoms with Gasteiger partial charge in [-0.05, 0) is 56.1 Å². The molecule has 0 fully saturated rings. The van der Waals surface area contributed by atoms with Crippen molar-refractivity contribution in [3.63, 3.8) is 0 Å². The van der Waals surface area contributed by atoms with Crippen molar-refractivity contribution in [2.24, 2.45) is 5.73 Å². The molecular formula is C16H26N2O. The second-order valence-corrected chi connectivity index (χ2v) is 5.53. The summed E-state index contributed by atoms with van der Waals surface area (Å²) < 4.78 is 5.29. The number of rotatable bonds is 5. The Labute approximate surface area is 116 Å². The van der Waals surface area contributed by atoms with Gasteiger partial charge in [-0.1, -0.05) is 19.4 Å². The van der Waals surface area contributed by atoms with Gasteiger partial charge in [0.2, 0.25) is 0 Å². The molecule has 1 aromatic rings. The molecule has 106 valence electrons. The van der Waals surface area contributed by atoms with E-state index in [4.69, 9.17) is 10.5 Å². The van der Waals surface area contributed by atoms with Crippen LogP contribution in [0.5, 0.6) is 5.75 Å². The Balaban J connectivity index is 2.12. The van der Waals surface area contributed by atoms with E-state index in [1.165, 1.54) is 24.0 Å². The van der Waals surface area contributed by atoms with E-state index in [0.29, 0.717) is 6.04 Å². The molecule has 0 saturated heterocycles. The van der Waals surface area contributed by atoms with Gasteiger partial charge in [-0.15, -0.1) is 0 Å². The van der Waals surface area contributed by atoms with Gasteiger partial charge in [0.25, 0.3) is 0 Å². The molecule has 0 spiro atoms. The fourth-order valence-electron chi connectivity index (χ4n) is 3.01. The summed E-state index contributed by atoms with van der Waals surface area (Å²) in [5, 5.41) is 0. The summed E-state index contributed by atoms with van der Waals surface area (Å²) in [6.45, 7) is 3.37. The Hall–Kier alpha value is -1.06. The van der Waals surface area contributed by atoms with E-state index in [9.17, 15) is 0 Å². The summed E-state index contributed by atoms with van der Waals surface area (Å²) in [5.41, 5.74) is 9.12. The van der Waals surface area contributed by atoms with Crippen LogP contribution in [0.3, 0.4) is 0 Å². The first-order valence-electron chi connectivity index (χ1n) is 7.30. The van der Waals surface area contributed by atoms with Crippen LogP contribution in [0.2, 0.25) is 0 Å². The molecule has 3 heteroatoms. The van der Waals surface area contributed by atoms with Crippen LogP contribution in [0.15, 0.2) is 18.2 Å². The molecule has 0 aliphatic heterocycles. The second kappa shape index (κ2) is 6.40. The molecule has 0 saturated carbocycles. The van der Waals surface area contributed by atoms with Crippen LogP contribution in [-0.2, 0) is 6.42 Å². The van der Waals surface area contributed by atoms with Crippen molar-refractivity contribution in [3.05, 3.63) is 29.3 Å². The molecule has 0 aromatic heterocycles. The predicted molar refractivity (Wildman–Crippen MR) is 79.6 cm³/mol. The number of nitrogens with two attached hydrogens (primary N) is 1. The lowest BCUT2D eigenvalue weighted by Gasteiger charge is -2.37. The number of hydrogen-bond acceptors (Lipinski definition) is 3. The lowest BCUT2D eigenvalue weighted by atomic mass is 9.83. The predicted octanol–water partition coefficient (Wildman–Crippen LogP) is 2.74. The number of unbranched alkanes of at least 4 members (excludes halogenated alkanes) is 1. The van der Waals surface area contributed by atoms with Crippen LogP contribution >= 0.6 is 0 Å². The highest BCUT2D eigenvalue weighted by molar-refractivity contribution is 5.40. The fraction of sp³-hybridized carbons (Fsp3) is 0.625. The Morgan fingerprint density at radius 1 is 1.42 bits per heavy atom. The van der Waals surface area contributed by atoms with Crippen molar-refractivity contribution in [2.75, 3.05) is 20.7 Å². The first kappa shape index (κ1) is 14.4. The number of fused-ring (bicyclic) bond motifs is 1. The molecule has 2 unspecified atom stereocenters. The largest absolute Gasteiger partial charge is 0.497 e. The van der Waals surface area contributed by atoms with Crippen molar-refractivity contribution in [2.45, 2.75) is 44.7 Å². The van der Waals surface area contributed by atoms with E-state index in [2.05, 4.69) is 31.0 Å². The third-order valence-electron chi connectivity index (χ3n) is 4.26. The van der Waals surface area contributed by atoms with E-state index in [-0.39, 0.29) is 6.04 Å². The van der Waals surface area contributed by atoms with Crippen LogP contribution in [-0.4, -0.2) is 31.6 Å². The Bertz CT molecular complexity index is 419. The second-order valence-electron chi connectivity index (χ2n) is 5.53. The molecule has 2 atom stereocenters. The maximum Gasteiger partial charge on any atom is 0.119 e. The molecule has 2 rings (SSSR count). The first-order valence-corrected chi connectivity index (χ1v) is 7.30. The summed E-state index contributed by atoms with van der Waals surface area (Å²) in [7, 11) is 3.92. The quantitative estimate of drug-likeness (QED) is 0.886. The van der Waals surface area contributed by atoms with Crippen molar-refractivity contribution in [1.82, 2.24) is 4.90 Å². The minimum Gasteiger partial charge on any atom is -0.497 e. The maximum absolute atomic E-state index is 6.47. The average molecular weight is 262 g/mol. The number of aryl methyl sites for hydroxylation is 1. The number of benzene rings is 1. The van der Waals surface area contributed by atoms with E-state index in [1.54, 1.807) is 7.11 Å². The van der Waals surface area contributed by atoms with Crippen LogP contribution in [0.25, 0.3) is 0 Å². The number of methoxy groups -OCH3 is 1. The summed E-state index contributed by atoms with van der Waals surface area (Å²) in [6, 6.07) is 6.88. The van der Waals surface area contributed by atoms with Crippen LogP contribution in [0.4, 0.5) is 0 Å². The molecule has 0 bridgehead atoms. The van der Waals surface area contributed by atoms with E-state index < -0.39 is 0 Å². The lowest BCUT2D eigenvalue weighted by Crippen LogP contribution is -2.43. The standard InChI is InChI=1S/C16H26N2O/c1-4-5-10-18(2)15-9-6-12-11-13(19-3)7-8-14(12)16(15)17/h7-8,11,15-16H,4-6,9-10,17H2,1-3H3. The van der Waals surface area contributed by atoms with Gasteiger partial charge >= 0.3 is 0 Å². The van der Waals surface area contributed by atoms with Crippen LogP contribution < -0.4 is 10.5 Å². The van der Waals surface area contributed by atoms with Crippen molar-refractivity contribution in [3.8, 4) is 5.75 Å². The summed E-state index contributed by atoms with van der Waals surface area (Å²) in [4.78, 5) is 2.43. The number of hydrogen-bond donors (Lipinski definition) is 1. The van der Waals surface area contributed by atoms with Gasteiger partial charge in [-0.25, -0.2) is 0 Å².